The Morgan fingerprint density at radius 2 is 1.27 bits per heavy atom. The topological polar surface area (TPSA) is 43.9 Å². The minimum atomic E-state index is 0.738. The Morgan fingerprint density at radius 1 is 0.556 bits per heavy atom. The van der Waals surface area contributed by atoms with Gasteiger partial charge in [0, 0.05) is 43.1 Å². The highest BCUT2D eigenvalue weighted by Crippen LogP contribution is 2.43. The van der Waals surface area contributed by atoms with Crippen molar-refractivity contribution in [3.05, 3.63) is 140 Å². The molecule has 0 aliphatic heterocycles. The first-order valence-electron chi connectivity index (χ1n) is 15.0. The Bertz CT molecular complexity index is 2760. The van der Waals surface area contributed by atoms with Crippen LogP contribution in [-0.2, 0) is 0 Å². The minimum absolute atomic E-state index is 0.738. The monoisotopic (exact) mass is 593 g/mol. The van der Waals surface area contributed by atoms with Crippen LogP contribution >= 0.6 is 11.3 Å². The summed E-state index contributed by atoms with van der Waals surface area (Å²) in [6.07, 6.45) is 0. The normalized spacial score (nSPS) is 12.0. The van der Waals surface area contributed by atoms with Crippen molar-refractivity contribution in [3.8, 4) is 28.3 Å². The van der Waals surface area contributed by atoms with Crippen molar-refractivity contribution in [1.29, 1.82) is 0 Å². The molecular weight excluding hydrogens is 571 g/mol. The van der Waals surface area contributed by atoms with E-state index >= 15 is 0 Å². The van der Waals surface area contributed by atoms with Crippen molar-refractivity contribution in [1.82, 2.24) is 14.5 Å². The summed E-state index contributed by atoms with van der Waals surface area (Å²) in [5, 5.41) is 5.84. The number of hydrogen-bond acceptors (Lipinski definition) is 4. The lowest BCUT2D eigenvalue weighted by Crippen LogP contribution is -1.94. The van der Waals surface area contributed by atoms with E-state index in [2.05, 4.69) is 108 Å². The molecule has 0 saturated heterocycles. The summed E-state index contributed by atoms with van der Waals surface area (Å²) < 4.78 is 11.0. The van der Waals surface area contributed by atoms with E-state index in [-0.39, 0.29) is 0 Å². The highest BCUT2D eigenvalue weighted by molar-refractivity contribution is 7.26. The number of aromatic nitrogens is 3. The molecule has 6 aromatic carbocycles. The van der Waals surface area contributed by atoms with Crippen LogP contribution in [0.3, 0.4) is 0 Å². The van der Waals surface area contributed by atoms with Gasteiger partial charge in [0.25, 0.3) is 0 Å². The molecule has 4 heterocycles. The van der Waals surface area contributed by atoms with Gasteiger partial charge in [-0.3, -0.25) is 0 Å². The maximum atomic E-state index is 6.33. The van der Waals surface area contributed by atoms with Gasteiger partial charge in [-0.15, -0.1) is 11.3 Å². The first kappa shape index (κ1) is 24.6. The van der Waals surface area contributed by atoms with Crippen molar-refractivity contribution in [2.45, 2.75) is 0 Å². The van der Waals surface area contributed by atoms with E-state index in [1.165, 1.54) is 21.0 Å². The second-order valence-electron chi connectivity index (χ2n) is 11.4. The molecule has 4 aromatic heterocycles. The molecule has 10 aromatic rings. The van der Waals surface area contributed by atoms with Crippen LogP contribution in [0.1, 0.15) is 0 Å². The van der Waals surface area contributed by atoms with Crippen LogP contribution < -0.4 is 0 Å². The fraction of sp³-hybridized carbons (Fsp3) is 0. The molecule has 0 fully saturated rings. The quantitative estimate of drug-likeness (QED) is 0.205. The van der Waals surface area contributed by atoms with Gasteiger partial charge in [0.2, 0.25) is 0 Å². The summed E-state index contributed by atoms with van der Waals surface area (Å²) in [5.74, 6) is 0.738. The third kappa shape index (κ3) is 3.59. The van der Waals surface area contributed by atoms with Crippen molar-refractivity contribution in [2.24, 2.45) is 0 Å². The lowest BCUT2D eigenvalue weighted by atomic mass is 10.1. The van der Waals surface area contributed by atoms with Gasteiger partial charge in [-0.2, -0.15) is 0 Å². The molecular formula is C40H23N3OS. The molecule has 0 unspecified atom stereocenters. The second kappa shape index (κ2) is 9.36. The SMILES string of the molecule is c1ccc(-c2nc(-c3ccccc3)c3sc4cc(-n5c6ccccc6c6ccc7oc8ccccc8c7c65)ccc4c3n2)cc1. The van der Waals surface area contributed by atoms with Crippen molar-refractivity contribution >= 4 is 75.4 Å². The molecule has 0 aliphatic rings. The molecule has 5 heteroatoms. The third-order valence-corrected chi connectivity index (χ3v) is 9.96. The zero-order valence-electron chi connectivity index (χ0n) is 23.9. The first-order chi connectivity index (χ1) is 22.3. The Kier molecular flexibility index (Phi) is 5.12. The summed E-state index contributed by atoms with van der Waals surface area (Å²) in [7, 11) is 0. The average Bonchev–Trinajstić information content (AvgIpc) is 3.77. The summed E-state index contributed by atoms with van der Waals surface area (Å²) in [6.45, 7) is 0. The van der Waals surface area contributed by atoms with Crippen molar-refractivity contribution < 1.29 is 4.42 Å². The molecule has 0 atom stereocenters. The van der Waals surface area contributed by atoms with Crippen LogP contribution in [0.4, 0.5) is 0 Å². The molecule has 0 radical (unpaired) electrons. The molecule has 0 N–H and O–H groups in total. The summed E-state index contributed by atoms with van der Waals surface area (Å²) in [5.41, 5.74) is 9.28. The van der Waals surface area contributed by atoms with E-state index in [0.717, 1.165) is 71.4 Å². The van der Waals surface area contributed by atoms with E-state index in [4.69, 9.17) is 14.4 Å². The predicted molar refractivity (Wildman–Crippen MR) is 187 cm³/mol. The van der Waals surface area contributed by atoms with E-state index in [1.807, 2.05) is 36.4 Å². The lowest BCUT2D eigenvalue weighted by molar-refractivity contribution is 0.669. The highest BCUT2D eigenvalue weighted by atomic mass is 32.1. The molecule has 0 saturated carbocycles. The van der Waals surface area contributed by atoms with Crippen LogP contribution in [0.25, 0.3) is 92.4 Å². The van der Waals surface area contributed by atoms with Crippen LogP contribution in [0.2, 0.25) is 0 Å². The zero-order valence-corrected chi connectivity index (χ0v) is 24.8. The molecule has 0 spiro atoms. The maximum Gasteiger partial charge on any atom is 0.160 e. The van der Waals surface area contributed by atoms with Gasteiger partial charge < -0.3 is 8.98 Å². The number of fused-ring (bicyclic) bond motifs is 10. The molecule has 0 bridgehead atoms. The van der Waals surface area contributed by atoms with Crippen LogP contribution in [0.15, 0.2) is 144 Å². The number of para-hydroxylation sites is 2. The Hall–Kier alpha value is -5.78. The number of rotatable bonds is 3. The van der Waals surface area contributed by atoms with E-state index in [0.29, 0.717) is 0 Å². The predicted octanol–water partition coefficient (Wildman–Crippen LogP) is 11.2. The van der Waals surface area contributed by atoms with Gasteiger partial charge in [0.05, 0.1) is 32.3 Å². The molecule has 0 amide bonds. The number of nitrogens with zero attached hydrogens (tertiary/aromatic N) is 3. The fourth-order valence-electron chi connectivity index (χ4n) is 6.81. The fourth-order valence-corrected chi connectivity index (χ4v) is 8.00. The molecule has 210 valence electrons. The van der Waals surface area contributed by atoms with Gasteiger partial charge >= 0.3 is 0 Å². The molecule has 45 heavy (non-hydrogen) atoms. The van der Waals surface area contributed by atoms with Gasteiger partial charge in [0.15, 0.2) is 5.82 Å². The summed E-state index contributed by atoms with van der Waals surface area (Å²) in [6, 6.07) is 48.8. The number of benzene rings is 6. The Labute approximate surface area is 261 Å². The average molecular weight is 594 g/mol. The number of thiophene rings is 1. The van der Waals surface area contributed by atoms with Crippen LogP contribution in [-0.4, -0.2) is 14.5 Å². The first-order valence-corrected chi connectivity index (χ1v) is 15.8. The number of hydrogen-bond donors (Lipinski definition) is 0. The van der Waals surface area contributed by atoms with E-state index < -0.39 is 0 Å². The van der Waals surface area contributed by atoms with Gasteiger partial charge in [-0.05, 0) is 42.5 Å². The third-order valence-electron chi connectivity index (χ3n) is 8.81. The van der Waals surface area contributed by atoms with Crippen LogP contribution in [0, 0.1) is 0 Å². The highest BCUT2D eigenvalue weighted by Gasteiger charge is 2.21. The van der Waals surface area contributed by atoms with Crippen molar-refractivity contribution in [3.63, 3.8) is 0 Å². The van der Waals surface area contributed by atoms with Gasteiger partial charge in [-0.25, -0.2) is 9.97 Å². The number of furan rings is 1. The Balaban J connectivity index is 1.29. The van der Waals surface area contributed by atoms with Gasteiger partial charge in [-0.1, -0.05) is 97.1 Å². The zero-order chi connectivity index (χ0) is 29.5. The second-order valence-corrected chi connectivity index (χ2v) is 12.4. The lowest BCUT2D eigenvalue weighted by Gasteiger charge is -2.09. The molecule has 0 aliphatic carbocycles. The van der Waals surface area contributed by atoms with Crippen molar-refractivity contribution in [2.75, 3.05) is 0 Å². The minimum Gasteiger partial charge on any atom is -0.456 e. The van der Waals surface area contributed by atoms with E-state index in [9.17, 15) is 0 Å². The summed E-state index contributed by atoms with van der Waals surface area (Å²) in [4.78, 5) is 10.3. The largest absolute Gasteiger partial charge is 0.456 e. The van der Waals surface area contributed by atoms with Crippen LogP contribution in [0.5, 0.6) is 0 Å². The molecule has 10 rings (SSSR count). The van der Waals surface area contributed by atoms with Gasteiger partial charge in [0.1, 0.15) is 11.2 Å². The Morgan fingerprint density at radius 3 is 2.11 bits per heavy atom. The molecule has 4 nitrogen and oxygen atoms in total. The summed E-state index contributed by atoms with van der Waals surface area (Å²) >= 11 is 1.76. The maximum absolute atomic E-state index is 6.33. The standard InChI is InChI=1S/C40H23N3OS/c1-3-11-24(12-4-1)36-39-37(42-40(41-36)25-13-5-2-6-14-25)30-20-19-26(23-34(30)45-39)43-31-17-9-7-15-27(31)28-21-22-33-35(38(28)43)29-16-8-10-18-32(29)44-33/h1-23H. The smallest absolute Gasteiger partial charge is 0.160 e. The van der Waals surface area contributed by atoms with E-state index in [1.54, 1.807) is 11.3 Å².